The second-order valence-electron chi connectivity index (χ2n) is 4.48. The van der Waals surface area contributed by atoms with Crippen LogP contribution in [0.5, 0.6) is 0 Å². The molecule has 1 N–H and O–H groups in total. The predicted octanol–water partition coefficient (Wildman–Crippen LogP) is 1.79. The van der Waals surface area contributed by atoms with Gasteiger partial charge in [0, 0.05) is 19.1 Å². The Morgan fingerprint density at radius 3 is 2.61 bits per heavy atom. The van der Waals surface area contributed by atoms with Gasteiger partial charge in [-0.2, -0.15) is 0 Å². The minimum atomic E-state index is -0.669. The first kappa shape index (κ1) is 13.0. The molecule has 0 bridgehead atoms. The number of carbonyl (C=O) groups excluding carboxylic acids is 1. The zero-order chi connectivity index (χ0) is 13.1. The normalized spacial score (nSPS) is 16.9. The van der Waals surface area contributed by atoms with Crippen molar-refractivity contribution >= 4 is 5.91 Å². The van der Waals surface area contributed by atoms with E-state index >= 15 is 0 Å². The Balaban J connectivity index is 2.10. The lowest BCUT2D eigenvalue weighted by atomic mass is 10.0. The van der Waals surface area contributed by atoms with Crippen molar-refractivity contribution in [1.82, 2.24) is 10.2 Å². The van der Waals surface area contributed by atoms with E-state index in [0.29, 0.717) is 19.1 Å². The van der Waals surface area contributed by atoms with Crippen molar-refractivity contribution in [3.05, 3.63) is 35.4 Å². The van der Waals surface area contributed by atoms with Crippen molar-refractivity contribution in [2.75, 3.05) is 20.1 Å². The van der Waals surface area contributed by atoms with E-state index in [4.69, 9.17) is 0 Å². The topological polar surface area (TPSA) is 32.3 Å². The number of nitrogens with one attached hydrogen (secondary N) is 1. The van der Waals surface area contributed by atoms with Crippen LogP contribution in [0.3, 0.4) is 0 Å². The first-order valence-corrected chi connectivity index (χ1v) is 6.03. The molecule has 1 heterocycles. The van der Waals surface area contributed by atoms with Gasteiger partial charge in [-0.3, -0.25) is 4.79 Å². The average molecular weight is 254 g/mol. The third kappa shape index (κ3) is 2.67. The number of hydrogen-bond acceptors (Lipinski definition) is 2. The highest BCUT2D eigenvalue weighted by Crippen LogP contribution is 2.16. The quantitative estimate of drug-likeness (QED) is 0.872. The monoisotopic (exact) mass is 254 g/mol. The summed E-state index contributed by atoms with van der Waals surface area (Å²) in [4.78, 5) is 13.6. The first-order chi connectivity index (χ1) is 8.61. The molecule has 1 amide bonds. The Morgan fingerprint density at radius 2 is 2.00 bits per heavy atom. The van der Waals surface area contributed by atoms with Gasteiger partial charge in [-0.25, -0.2) is 8.78 Å². The van der Waals surface area contributed by atoms with Crippen LogP contribution < -0.4 is 5.32 Å². The van der Waals surface area contributed by atoms with Gasteiger partial charge in [-0.15, -0.1) is 0 Å². The molecule has 0 saturated carbocycles. The van der Waals surface area contributed by atoms with Crippen molar-refractivity contribution in [2.45, 2.75) is 18.9 Å². The Bertz CT molecular complexity index is 443. The molecule has 1 aliphatic rings. The van der Waals surface area contributed by atoms with Gasteiger partial charge < -0.3 is 10.2 Å². The van der Waals surface area contributed by atoms with Crippen LogP contribution in [0.4, 0.5) is 8.78 Å². The van der Waals surface area contributed by atoms with E-state index in [9.17, 15) is 13.6 Å². The maximum atomic E-state index is 13.5. The SMILES string of the molecule is CNC1CCN(C(=O)c2cc(F)ccc2F)CC1. The minimum Gasteiger partial charge on any atom is -0.338 e. The van der Waals surface area contributed by atoms with E-state index in [-0.39, 0.29) is 5.56 Å². The van der Waals surface area contributed by atoms with Crippen LogP contribution in [0.1, 0.15) is 23.2 Å². The first-order valence-electron chi connectivity index (χ1n) is 6.03. The summed E-state index contributed by atoms with van der Waals surface area (Å²) in [6, 6.07) is 3.36. The van der Waals surface area contributed by atoms with E-state index in [0.717, 1.165) is 31.0 Å². The van der Waals surface area contributed by atoms with Crippen molar-refractivity contribution in [2.24, 2.45) is 0 Å². The Labute approximate surface area is 105 Å². The number of likely N-dealkylation sites (tertiary alicyclic amines) is 1. The van der Waals surface area contributed by atoms with Crippen LogP contribution in [0.15, 0.2) is 18.2 Å². The molecule has 0 aromatic heterocycles. The molecule has 0 radical (unpaired) electrons. The summed E-state index contributed by atoms with van der Waals surface area (Å²) >= 11 is 0. The smallest absolute Gasteiger partial charge is 0.256 e. The molecule has 1 aromatic rings. The fourth-order valence-electron chi connectivity index (χ4n) is 2.20. The van der Waals surface area contributed by atoms with Gasteiger partial charge in [-0.1, -0.05) is 0 Å². The van der Waals surface area contributed by atoms with Gasteiger partial charge in [0.1, 0.15) is 11.6 Å². The summed E-state index contributed by atoms with van der Waals surface area (Å²) in [5, 5.41) is 3.15. The van der Waals surface area contributed by atoms with E-state index < -0.39 is 17.5 Å². The average Bonchev–Trinajstić information content (AvgIpc) is 2.41. The van der Waals surface area contributed by atoms with Crippen LogP contribution >= 0.6 is 0 Å². The van der Waals surface area contributed by atoms with Crippen molar-refractivity contribution in [3.8, 4) is 0 Å². The molecule has 3 nitrogen and oxygen atoms in total. The highest BCUT2D eigenvalue weighted by atomic mass is 19.1. The molecule has 0 atom stereocenters. The molecule has 98 valence electrons. The highest BCUT2D eigenvalue weighted by molar-refractivity contribution is 5.94. The fourth-order valence-corrected chi connectivity index (χ4v) is 2.20. The number of piperidine rings is 1. The number of carbonyl (C=O) groups is 1. The maximum Gasteiger partial charge on any atom is 0.256 e. The molecule has 0 unspecified atom stereocenters. The van der Waals surface area contributed by atoms with Gasteiger partial charge in [-0.05, 0) is 38.1 Å². The van der Waals surface area contributed by atoms with Crippen LogP contribution in [0.25, 0.3) is 0 Å². The van der Waals surface area contributed by atoms with Crippen molar-refractivity contribution in [1.29, 1.82) is 0 Å². The van der Waals surface area contributed by atoms with Crippen LogP contribution in [0.2, 0.25) is 0 Å². The van der Waals surface area contributed by atoms with Gasteiger partial charge in [0.15, 0.2) is 0 Å². The third-order valence-corrected chi connectivity index (χ3v) is 3.35. The van der Waals surface area contributed by atoms with E-state index in [1.165, 1.54) is 0 Å². The number of benzene rings is 1. The Hall–Kier alpha value is -1.49. The van der Waals surface area contributed by atoms with E-state index in [2.05, 4.69) is 5.32 Å². The number of rotatable bonds is 2. The molecular weight excluding hydrogens is 238 g/mol. The molecule has 5 heteroatoms. The van der Waals surface area contributed by atoms with Gasteiger partial charge >= 0.3 is 0 Å². The molecule has 0 aliphatic carbocycles. The molecule has 1 saturated heterocycles. The lowest BCUT2D eigenvalue weighted by Gasteiger charge is -2.31. The zero-order valence-corrected chi connectivity index (χ0v) is 10.2. The maximum absolute atomic E-state index is 13.5. The third-order valence-electron chi connectivity index (χ3n) is 3.35. The largest absolute Gasteiger partial charge is 0.338 e. The summed E-state index contributed by atoms with van der Waals surface area (Å²) in [6.45, 7) is 1.14. The van der Waals surface area contributed by atoms with Gasteiger partial charge in [0.25, 0.3) is 5.91 Å². The molecule has 1 aromatic carbocycles. The van der Waals surface area contributed by atoms with Gasteiger partial charge in [0.05, 0.1) is 5.56 Å². The molecule has 1 fully saturated rings. The van der Waals surface area contributed by atoms with Crippen LogP contribution in [-0.2, 0) is 0 Å². The van der Waals surface area contributed by atoms with Crippen molar-refractivity contribution < 1.29 is 13.6 Å². The summed E-state index contributed by atoms with van der Waals surface area (Å²) in [5.41, 5.74) is -0.182. The fraction of sp³-hybridized carbons (Fsp3) is 0.462. The summed E-state index contributed by atoms with van der Waals surface area (Å²) in [6.07, 6.45) is 1.67. The van der Waals surface area contributed by atoms with E-state index in [1.54, 1.807) is 4.90 Å². The predicted molar refractivity (Wildman–Crippen MR) is 64.3 cm³/mol. The van der Waals surface area contributed by atoms with Gasteiger partial charge in [0.2, 0.25) is 0 Å². The second-order valence-corrected chi connectivity index (χ2v) is 4.48. The molecule has 0 spiro atoms. The second kappa shape index (κ2) is 5.44. The number of halogens is 2. The zero-order valence-electron chi connectivity index (χ0n) is 10.2. The minimum absolute atomic E-state index is 0.182. The molecular formula is C13H16F2N2O. The lowest BCUT2D eigenvalue weighted by Crippen LogP contribution is -2.44. The molecule has 2 rings (SSSR count). The summed E-state index contributed by atoms with van der Waals surface area (Å²) < 4.78 is 26.5. The van der Waals surface area contributed by atoms with Crippen LogP contribution in [-0.4, -0.2) is 37.0 Å². The lowest BCUT2D eigenvalue weighted by molar-refractivity contribution is 0.0702. The molecule has 18 heavy (non-hydrogen) atoms. The number of nitrogens with zero attached hydrogens (tertiary/aromatic N) is 1. The van der Waals surface area contributed by atoms with Crippen LogP contribution in [0, 0.1) is 11.6 Å². The standard InChI is InChI=1S/C13H16F2N2O/c1-16-10-4-6-17(7-5-10)13(18)11-8-9(14)2-3-12(11)15/h2-3,8,10,16H,4-7H2,1H3. The molecule has 1 aliphatic heterocycles. The number of amides is 1. The summed E-state index contributed by atoms with van der Waals surface area (Å²) in [7, 11) is 1.88. The summed E-state index contributed by atoms with van der Waals surface area (Å²) in [5.74, 6) is -1.69. The van der Waals surface area contributed by atoms with E-state index in [1.807, 2.05) is 7.05 Å². The van der Waals surface area contributed by atoms with Crippen molar-refractivity contribution in [3.63, 3.8) is 0 Å². The Kier molecular flexibility index (Phi) is 3.91. The highest BCUT2D eigenvalue weighted by Gasteiger charge is 2.24. The number of hydrogen-bond donors (Lipinski definition) is 1. The Morgan fingerprint density at radius 1 is 1.33 bits per heavy atom.